The van der Waals surface area contributed by atoms with Crippen LogP contribution in [0.1, 0.15) is 26.7 Å². The van der Waals surface area contributed by atoms with Gasteiger partial charge in [-0.25, -0.2) is 0 Å². The third-order valence-electron chi connectivity index (χ3n) is 2.15. The van der Waals surface area contributed by atoms with Gasteiger partial charge in [-0.05, 0) is 12.8 Å². The average Bonchev–Trinajstić information content (AvgIpc) is 1.96. The minimum absolute atomic E-state index is 0.0829. The zero-order valence-corrected chi connectivity index (χ0v) is 7.16. The van der Waals surface area contributed by atoms with Gasteiger partial charge in [-0.2, -0.15) is 0 Å². The lowest BCUT2D eigenvalue weighted by Crippen LogP contribution is -2.19. The molecule has 0 fully saturated rings. The Bertz CT molecular complexity index is 267. The molecule has 0 N–H and O–H groups in total. The molecule has 1 atom stereocenters. The van der Waals surface area contributed by atoms with Gasteiger partial charge in [-0.1, -0.05) is 6.92 Å². The lowest BCUT2D eigenvalue weighted by molar-refractivity contribution is -0.430. The second-order valence-electron chi connectivity index (χ2n) is 3.27. The fourth-order valence-electron chi connectivity index (χ4n) is 1.40. The summed E-state index contributed by atoms with van der Waals surface area (Å²) >= 11 is 0. The first-order valence-corrected chi connectivity index (χ1v) is 3.89. The second kappa shape index (κ2) is 3.05. The van der Waals surface area contributed by atoms with Crippen molar-refractivity contribution in [3.8, 4) is 0 Å². The molecule has 4 heteroatoms. The quantitative estimate of drug-likeness (QED) is 0.441. The van der Waals surface area contributed by atoms with E-state index in [1.165, 1.54) is 6.92 Å². The number of ketones is 1. The van der Waals surface area contributed by atoms with E-state index in [1.54, 1.807) is 0 Å². The van der Waals surface area contributed by atoms with Crippen LogP contribution in [0, 0.1) is 16.0 Å². The fourth-order valence-corrected chi connectivity index (χ4v) is 1.40. The monoisotopic (exact) mass is 169 g/mol. The van der Waals surface area contributed by atoms with Crippen molar-refractivity contribution in [1.29, 1.82) is 0 Å². The van der Waals surface area contributed by atoms with Gasteiger partial charge >= 0.3 is 0 Å². The molecule has 4 nitrogen and oxygen atoms in total. The molecule has 0 spiro atoms. The molecule has 0 aliphatic heterocycles. The Balaban J connectivity index is 3.01. The summed E-state index contributed by atoms with van der Waals surface area (Å²) in [5.41, 5.74) is 0.428. The van der Waals surface area contributed by atoms with Crippen LogP contribution in [-0.4, -0.2) is 10.7 Å². The van der Waals surface area contributed by atoms with E-state index in [2.05, 4.69) is 0 Å². The highest BCUT2D eigenvalue weighted by atomic mass is 16.6. The van der Waals surface area contributed by atoms with E-state index in [-0.39, 0.29) is 17.4 Å². The van der Waals surface area contributed by atoms with Gasteiger partial charge in [0.25, 0.3) is 5.70 Å². The minimum Gasteiger partial charge on any atom is -0.294 e. The predicted molar refractivity (Wildman–Crippen MR) is 43.1 cm³/mol. The van der Waals surface area contributed by atoms with Crippen LogP contribution in [0.5, 0.6) is 0 Å². The third-order valence-corrected chi connectivity index (χ3v) is 2.15. The van der Waals surface area contributed by atoms with Gasteiger partial charge in [0.15, 0.2) is 5.78 Å². The van der Waals surface area contributed by atoms with Crippen LogP contribution in [0.2, 0.25) is 0 Å². The topological polar surface area (TPSA) is 60.2 Å². The van der Waals surface area contributed by atoms with Gasteiger partial charge < -0.3 is 0 Å². The lowest BCUT2D eigenvalue weighted by atomic mass is 9.88. The maximum Gasteiger partial charge on any atom is 0.252 e. The van der Waals surface area contributed by atoms with Gasteiger partial charge in [0.2, 0.25) is 0 Å². The van der Waals surface area contributed by atoms with Crippen LogP contribution >= 0.6 is 0 Å². The van der Waals surface area contributed by atoms with E-state index >= 15 is 0 Å². The van der Waals surface area contributed by atoms with Crippen LogP contribution in [0.15, 0.2) is 11.3 Å². The first kappa shape index (κ1) is 8.90. The molecule has 1 aliphatic rings. The van der Waals surface area contributed by atoms with Crippen molar-refractivity contribution in [1.82, 2.24) is 0 Å². The highest BCUT2D eigenvalue weighted by molar-refractivity contribution is 5.96. The smallest absolute Gasteiger partial charge is 0.252 e. The zero-order chi connectivity index (χ0) is 9.30. The maximum atomic E-state index is 11.2. The highest BCUT2D eigenvalue weighted by Gasteiger charge is 2.29. The van der Waals surface area contributed by atoms with Gasteiger partial charge in [0.1, 0.15) is 0 Å². The van der Waals surface area contributed by atoms with Crippen LogP contribution in [0.3, 0.4) is 0 Å². The van der Waals surface area contributed by atoms with E-state index in [4.69, 9.17) is 0 Å². The summed E-state index contributed by atoms with van der Waals surface area (Å²) in [6.07, 6.45) is 0.869. The predicted octanol–water partition coefficient (Wildman–Crippen LogP) is 1.54. The largest absolute Gasteiger partial charge is 0.294 e. The number of nitrogens with zero attached hydrogens (tertiary/aromatic N) is 1. The van der Waals surface area contributed by atoms with Gasteiger partial charge in [-0.15, -0.1) is 0 Å². The summed E-state index contributed by atoms with van der Waals surface area (Å²) in [4.78, 5) is 21.2. The number of allylic oxidation sites excluding steroid dienone is 2. The first-order valence-electron chi connectivity index (χ1n) is 3.89. The van der Waals surface area contributed by atoms with E-state index < -0.39 is 4.92 Å². The molecule has 12 heavy (non-hydrogen) atoms. The molecular weight excluding hydrogens is 158 g/mol. The minimum atomic E-state index is -0.442. The van der Waals surface area contributed by atoms with Gasteiger partial charge in [-0.3, -0.25) is 14.9 Å². The highest BCUT2D eigenvalue weighted by Crippen LogP contribution is 2.26. The standard InChI is InChI=1S/C8H11NO3/c1-5-3-7(9(11)12)6(2)8(10)4-5/h5H,3-4H2,1-2H3. The van der Waals surface area contributed by atoms with Crippen molar-refractivity contribution in [3.63, 3.8) is 0 Å². The van der Waals surface area contributed by atoms with Crippen molar-refractivity contribution in [2.45, 2.75) is 26.7 Å². The number of Topliss-reactive ketones (excluding diaryl/α,β-unsaturated/α-hetero) is 1. The number of nitro groups is 1. The van der Waals surface area contributed by atoms with E-state index in [0.29, 0.717) is 18.4 Å². The number of carbonyl (C=O) groups is 1. The Kier molecular flexibility index (Phi) is 2.26. The zero-order valence-electron chi connectivity index (χ0n) is 7.16. The molecule has 1 unspecified atom stereocenters. The van der Waals surface area contributed by atoms with Gasteiger partial charge in [0.05, 0.1) is 10.5 Å². The molecule has 1 aliphatic carbocycles. The van der Waals surface area contributed by atoms with Gasteiger partial charge in [0, 0.05) is 12.8 Å². The number of hydrogen-bond donors (Lipinski definition) is 0. The maximum absolute atomic E-state index is 11.2. The summed E-state index contributed by atoms with van der Waals surface area (Å²) in [6, 6.07) is 0. The molecule has 0 aromatic carbocycles. The molecule has 66 valence electrons. The van der Waals surface area contributed by atoms with E-state index in [1.807, 2.05) is 6.92 Å². The number of hydrogen-bond acceptors (Lipinski definition) is 3. The fraction of sp³-hybridized carbons (Fsp3) is 0.625. The van der Waals surface area contributed by atoms with Crippen LogP contribution in [-0.2, 0) is 4.79 Å². The number of rotatable bonds is 1. The summed E-state index contributed by atoms with van der Waals surface area (Å²) < 4.78 is 0. The lowest BCUT2D eigenvalue weighted by Gasteiger charge is -2.15. The van der Waals surface area contributed by atoms with E-state index in [9.17, 15) is 14.9 Å². The van der Waals surface area contributed by atoms with Crippen LogP contribution in [0.25, 0.3) is 0 Å². The Morgan fingerprint density at radius 3 is 2.58 bits per heavy atom. The van der Waals surface area contributed by atoms with Crippen LogP contribution < -0.4 is 0 Å². The molecular formula is C8H11NO3. The molecule has 0 saturated heterocycles. The Hall–Kier alpha value is -1.19. The molecule has 0 amide bonds. The van der Waals surface area contributed by atoms with Crippen molar-refractivity contribution < 1.29 is 9.72 Å². The van der Waals surface area contributed by atoms with Crippen molar-refractivity contribution >= 4 is 5.78 Å². The average molecular weight is 169 g/mol. The molecule has 1 rings (SSSR count). The molecule has 0 aromatic rings. The third kappa shape index (κ3) is 1.52. The Morgan fingerprint density at radius 2 is 2.08 bits per heavy atom. The summed E-state index contributed by atoms with van der Waals surface area (Å²) in [5.74, 6) is 0.0297. The molecule has 0 saturated carbocycles. The Morgan fingerprint density at radius 1 is 1.50 bits per heavy atom. The Labute approximate surface area is 70.4 Å². The molecule has 0 aromatic heterocycles. The SMILES string of the molecule is CC1=C([N+](=O)[O-])CC(C)CC1=O. The molecule has 0 radical (unpaired) electrons. The first-order chi connectivity index (χ1) is 5.52. The second-order valence-corrected chi connectivity index (χ2v) is 3.27. The molecule has 0 bridgehead atoms. The summed E-state index contributed by atoms with van der Waals surface area (Å²) in [6.45, 7) is 3.39. The van der Waals surface area contributed by atoms with Crippen molar-refractivity contribution in [3.05, 3.63) is 21.4 Å². The van der Waals surface area contributed by atoms with Crippen LogP contribution in [0.4, 0.5) is 0 Å². The molecule has 0 heterocycles. The summed E-state index contributed by atoms with van der Waals surface area (Å²) in [5, 5.41) is 10.5. The summed E-state index contributed by atoms with van der Waals surface area (Å²) in [7, 11) is 0. The normalized spacial score (nSPS) is 24.5. The van der Waals surface area contributed by atoms with Crippen molar-refractivity contribution in [2.75, 3.05) is 0 Å². The van der Waals surface area contributed by atoms with E-state index in [0.717, 1.165) is 0 Å². The number of carbonyl (C=O) groups excluding carboxylic acids is 1. The van der Waals surface area contributed by atoms with Crippen molar-refractivity contribution in [2.24, 2.45) is 5.92 Å².